The lowest BCUT2D eigenvalue weighted by atomic mass is 9.97. The van der Waals surface area contributed by atoms with Crippen LogP contribution < -0.4 is 4.57 Å². The van der Waals surface area contributed by atoms with Gasteiger partial charge in [0.15, 0.2) is 6.20 Å². The minimum Gasteiger partial charge on any atom is -0.202 e. The first kappa shape index (κ1) is 18.3. The highest BCUT2D eigenvalue weighted by molar-refractivity contribution is 7.24. The quantitative estimate of drug-likeness (QED) is 0.369. The normalized spacial score (nSPS) is 12.4. The maximum atomic E-state index is 4.85. The van der Waals surface area contributed by atoms with Gasteiger partial charge in [0.2, 0.25) is 10.7 Å². The molecular formula is C21H27N4SSi+. The molecule has 0 aliphatic heterocycles. The number of aryl methyl sites for hydroxylation is 3. The molecule has 4 nitrogen and oxygen atoms in total. The van der Waals surface area contributed by atoms with E-state index in [1.54, 1.807) is 11.3 Å². The predicted molar refractivity (Wildman–Crippen MR) is 116 cm³/mol. The van der Waals surface area contributed by atoms with E-state index in [0.29, 0.717) is 0 Å². The molecule has 0 spiro atoms. The molecule has 0 fully saturated rings. The molecule has 4 rings (SSSR count). The van der Waals surface area contributed by atoms with Gasteiger partial charge in [-0.25, -0.2) is 9.50 Å². The largest absolute Gasteiger partial charge is 0.232 e. The van der Waals surface area contributed by atoms with Gasteiger partial charge in [0.1, 0.15) is 17.6 Å². The van der Waals surface area contributed by atoms with E-state index in [9.17, 15) is 0 Å². The number of pyridine rings is 1. The maximum absolute atomic E-state index is 4.85. The van der Waals surface area contributed by atoms with Gasteiger partial charge < -0.3 is 0 Å². The molecule has 0 aliphatic carbocycles. The lowest BCUT2D eigenvalue weighted by molar-refractivity contribution is -0.659. The Hall–Kier alpha value is -2.05. The molecule has 27 heavy (non-hydrogen) atoms. The van der Waals surface area contributed by atoms with Crippen LogP contribution in [0.25, 0.3) is 26.4 Å². The molecule has 0 N–H and O–H groups in total. The average molecular weight is 396 g/mol. The Bertz CT molecular complexity index is 1180. The first-order valence-corrected chi connectivity index (χ1v) is 13.9. The second-order valence-corrected chi connectivity index (χ2v) is 15.3. The first-order chi connectivity index (χ1) is 12.6. The topological polar surface area (TPSA) is 34.1 Å². The number of thiazole rings is 1. The molecule has 0 radical (unpaired) electrons. The Kier molecular flexibility index (Phi) is 4.23. The molecule has 6 heteroatoms. The zero-order chi connectivity index (χ0) is 19.5. The number of nitrogens with zero attached hydrogens (tertiary/aromatic N) is 4. The van der Waals surface area contributed by atoms with E-state index in [4.69, 9.17) is 10.1 Å². The predicted octanol–water partition coefficient (Wildman–Crippen LogP) is 4.78. The Balaban J connectivity index is 1.97. The van der Waals surface area contributed by atoms with E-state index in [1.807, 2.05) is 4.52 Å². The van der Waals surface area contributed by atoms with Crippen LogP contribution >= 0.6 is 11.3 Å². The molecule has 4 aromatic rings. The highest BCUT2D eigenvalue weighted by Crippen LogP contribution is 2.35. The highest BCUT2D eigenvalue weighted by Gasteiger charge is 2.24. The summed E-state index contributed by atoms with van der Waals surface area (Å²) in [6.07, 6.45) is 2.14. The lowest BCUT2D eigenvalue weighted by Gasteiger charge is -2.11. The van der Waals surface area contributed by atoms with E-state index < -0.39 is 8.07 Å². The Labute approximate surface area is 165 Å². The Morgan fingerprint density at radius 1 is 1.15 bits per heavy atom. The fourth-order valence-corrected chi connectivity index (χ4v) is 5.95. The summed E-state index contributed by atoms with van der Waals surface area (Å²) in [7, 11) is 0.891. The average Bonchev–Trinajstić information content (AvgIpc) is 3.06. The van der Waals surface area contributed by atoms with Crippen LogP contribution in [0.3, 0.4) is 0 Å². The minimum atomic E-state index is -1.23. The van der Waals surface area contributed by atoms with Crippen LogP contribution in [0.1, 0.15) is 22.5 Å². The van der Waals surface area contributed by atoms with Gasteiger partial charge in [0.25, 0.3) is 0 Å². The van der Waals surface area contributed by atoms with Crippen molar-refractivity contribution in [3.8, 4) is 11.3 Å². The summed E-state index contributed by atoms with van der Waals surface area (Å²) in [5.41, 5.74) is 7.66. The molecule has 0 atom stereocenters. The van der Waals surface area contributed by atoms with Gasteiger partial charge in [0.05, 0.1) is 19.2 Å². The third-order valence-corrected chi connectivity index (χ3v) is 7.48. The molecule has 0 unspecified atom stereocenters. The molecule has 3 aromatic heterocycles. The van der Waals surface area contributed by atoms with E-state index in [0.717, 1.165) is 22.3 Å². The Morgan fingerprint density at radius 3 is 2.59 bits per heavy atom. The van der Waals surface area contributed by atoms with Gasteiger partial charge in [-0.3, -0.25) is 0 Å². The standard InChI is InChI=1S/C21H27N4SSi/c1-13-10-14(2)15(3)16(11-13)19-20-17(8-9-24(19)4)25-21(26-20)22-18(23-25)12-27(5,6)7/h8-11H,12H2,1-7H3/q+1. The molecule has 140 valence electrons. The van der Waals surface area contributed by atoms with Crippen LogP contribution in [0.15, 0.2) is 24.4 Å². The smallest absolute Gasteiger partial charge is 0.202 e. The third-order valence-electron chi connectivity index (χ3n) is 5.05. The summed E-state index contributed by atoms with van der Waals surface area (Å²) < 4.78 is 5.52. The van der Waals surface area contributed by atoms with Gasteiger partial charge in [-0.1, -0.05) is 42.6 Å². The zero-order valence-corrected chi connectivity index (χ0v) is 19.0. The van der Waals surface area contributed by atoms with Crippen molar-refractivity contribution in [3.63, 3.8) is 0 Å². The minimum absolute atomic E-state index is 0.986. The van der Waals surface area contributed by atoms with Crippen LogP contribution in [0, 0.1) is 20.8 Å². The number of fused-ring (bicyclic) bond motifs is 3. The fourth-order valence-electron chi connectivity index (χ4n) is 3.68. The fraction of sp³-hybridized carbons (Fsp3) is 0.381. The molecule has 0 aliphatic rings. The molecule has 1 aromatic carbocycles. The van der Waals surface area contributed by atoms with Crippen molar-refractivity contribution in [1.82, 2.24) is 14.6 Å². The third kappa shape index (κ3) is 3.21. The number of rotatable bonds is 3. The summed E-state index contributed by atoms with van der Waals surface area (Å²) in [5.74, 6) is 0.986. The molecule has 3 heterocycles. The van der Waals surface area contributed by atoms with Crippen LogP contribution in [-0.4, -0.2) is 22.7 Å². The van der Waals surface area contributed by atoms with Crippen molar-refractivity contribution in [3.05, 3.63) is 46.9 Å². The maximum Gasteiger partial charge on any atom is 0.232 e. The number of benzene rings is 1. The van der Waals surface area contributed by atoms with Crippen molar-refractivity contribution in [2.75, 3.05) is 0 Å². The van der Waals surface area contributed by atoms with Gasteiger partial charge >= 0.3 is 0 Å². The summed E-state index contributed by atoms with van der Waals surface area (Å²) >= 11 is 1.75. The summed E-state index contributed by atoms with van der Waals surface area (Å²) in [6.45, 7) is 13.7. The lowest BCUT2D eigenvalue weighted by Crippen LogP contribution is -2.30. The van der Waals surface area contributed by atoms with Crippen LogP contribution in [0.4, 0.5) is 0 Å². The Morgan fingerprint density at radius 2 is 1.89 bits per heavy atom. The number of hydrogen-bond acceptors (Lipinski definition) is 3. The van der Waals surface area contributed by atoms with Crippen LogP contribution in [0.5, 0.6) is 0 Å². The van der Waals surface area contributed by atoms with Crippen molar-refractivity contribution >= 4 is 34.6 Å². The SMILES string of the molecule is Cc1cc(C)c(C)c(-c2c3sc4nc(C[Si](C)(C)C)nn4c3cc[n+]2C)c1. The van der Waals surface area contributed by atoms with Crippen molar-refractivity contribution in [1.29, 1.82) is 0 Å². The highest BCUT2D eigenvalue weighted by atomic mass is 32.1. The molecule has 0 saturated carbocycles. The van der Waals surface area contributed by atoms with Crippen molar-refractivity contribution < 1.29 is 4.57 Å². The van der Waals surface area contributed by atoms with Gasteiger partial charge in [-0.2, -0.15) is 9.67 Å². The summed E-state index contributed by atoms with van der Waals surface area (Å²) in [6, 6.07) is 7.73. The second kappa shape index (κ2) is 6.24. The van der Waals surface area contributed by atoms with E-state index >= 15 is 0 Å². The zero-order valence-electron chi connectivity index (χ0n) is 17.2. The first-order valence-electron chi connectivity index (χ1n) is 9.39. The molecular weight excluding hydrogens is 368 g/mol. The summed E-state index contributed by atoms with van der Waals surface area (Å²) in [5, 5.41) is 4.85. The van der Waals surface area contributed by atoms with Crippen molar-refractivity contribution in [2.45, 2.75) is 46.5 Å². The van der Waals surface area contributed by atoms with Gasteiger partial charge in [0, 0.05) is 12.1 Å². The molecule has 0 bridgehead atoms. The monoisotopic (exact) mass is 395 g/mol. The van der Waals surface area contributed by atoms with E-state index in [1.165, 1.54) is 32.6 Å². The number of aromatic nitrogens is 4. The van der Waals surface area contributed by atoms with Gasteiger partial charge in [-0.15, -0.1) is 0 Å². The molecule has 0 saturated heterocycles. The molecule has 0 amide bonds. The van der Waals surface area contributed by atoms with Crippen LogP contribution in [-0.2, 0) is 13.1 Å². The van der Waals surface area contributed by atoms with Gasteiger partial charge in [-0.05, 0) is 38.0 Å². The van der Waals surface area contributed by atoms with E-state index in [-0.39, 0.29) is 0 Å². The van der Waals surface area contributed by atoms with Crippen molar-refractivity contribution in [2.24, 2.45) is 7.05 Å². The second-order valence-electron chi connectivity index (χ2n) is 8.81. The number of hydrogen-bond donors (Lipinski definition) is 0. The van der Waals surface area contributed by atoms with Crippen LogP contribution in [0.2, 0.25) is 19.6 Å². The summed E-state index contributed by atoms with van der Waals surface area (Å²) in [4.78, 5) is 5.85. The van der Waals surface area contributed by atoms with E-state index in [2.05, 4.69) is 76.4 Å².